The Hall–Kier alpha value is -1.78. The van der Waals surface area contributed by atoms with Gasteiger partial charge in [0.1, 0.15) is 0 Å². The summed E-state index contributed by atoms with van der Waals surface area (Å²) in [6.07, 6.45) is -0.204. The van der Waals surface area contributed by atoms with Crippen molar-refractivity contribution >= 4 is 23.2 Å². The SMILES string of the molecule is CN=C1C(=O)C(C(C)(C)CC(=O)O)=C(C)C(=O)C1C. The van der Waals surface area contributed by atoms with Gasteiger partial charge in [0, 0.05) is 23.6 Å². The maximum absolute atomic E-state index is 12.4. The number of aliphatic carboxylic acids is 1. The summed E-state index contributed by atoms with van der Waals surface area (Å²) < 4.78 is 0. The number of Topliss-reactive ketones (excluding diaryl/α,β-unsaturated/α-hetero) is 2. The molecule has 1 aliphatic carbocycles. The van der Waals surface area contributed by atoms with Gasteiger partial charge >= 0.3 is 5.97 Å². The molecule has 1 aliphatic rings. The number of rotatable bonds is 3. The number of carbonyl (C=O) groups excluding carboxylic acids is 2. The van der Waals surface area contributed by atoms with Gasteiger partial charge in [-0.15, -0.1) is 0 Å². The fourth-order valence-corrected chi connectivity index (χ4v) is 2.64. The van der Waals surface area contributed by atoms with Crippen molar-refractivity contribution in [3.05, 3.63) is 11.1 Å². The molecule has 19 heavy (non-hydrogen) atoms. The van der Waals surface area contributed by atoms with Crippen LogP contribution in [-0.4, -0.2) is 35.4 Å². The molecule has 0 aromatic carbocycles. The molecule has 0 aliphatic heterocycles. The number of carbonyl (C=O) groups is 3. The molecule has 0 saturated carbocycles. The molecule has 104 valence electrons. The first-order valence-electron chi connectivity index (χ1n) is 6.12. The topological polar surface area (TPSA) is 83.8 Å². The molecule has 0 bridgehead atoms. The van der Waals surface area contributed by atoms with Crippen LogP contribution in [0.1, 0.15) is 34.1 Å². The van der Waals surface area contributed by atoms with Gasteiger partial charge in [-0.2, -0.15) is 0 Å². The minimum absolute atomic E-state index is 0.159. The van der Waals surface area contributed by atoms with Gasteiger partial charge < -0.3 is 5.11 Å². The van der Waals surface area contributed by atoms with E-state index in [1.807, 2.05) is 0 Å². The summed E-state index contributed by atoms with van der Waals surface area (Å²) in [6, 6.07) is 0. The maximum Gasteiger partial charge on any atom is 0.304 e. The first-order valence-corrected chi connectivity index (χ1v) is 6.12. The Balaban J connectivity index is 3.43. The average molecular weight is 265 g/mol. The Morgan fingerprint density at radius 2 is 1.89 bits per heavy atom. The average Bonchev–Trinajstić information content (AvgIpc) is 2.24. The third-order valence-electron chi connectivity index (χ3n) is 3.52. The Kier molecular flexibility index (Phi) is 4.08. The highest BCUT2D eigenvalue weighted by molar-refractivity contribution is 6.53. The summed E-state index contributed by atoms with van der Waals surface area (Å²) in [5.41, 5.74) is -0.0440. The number of carboxylic acids is 1. The molecular weight excluding hydrogens is 246 g/mol. The Bertz CT molecular complexity index is 512. The van der Waals surface area contributed by atoms with E-state index in [1.54, 1.807) is 27.7 Å². The molecule has 0 saturated heterocycles. The van der Waals surface area contributed by atoms with Crippen molar-refractivity contribution in [3.63, 3.8) is 0 Å². The zero-order valence-electron chi connectivity index (χ0n) is 11.9. The number of ketones is 2. The summed E-state index contributed by atoms with van der Waals surface area (Å²) in [6.45, 7) is 6.55. The number of allylic oxidation sites excluding steroid dienone is 2. The first kappa shape index (κ1) is 15.3. The van der Waals surface area contributed by atoms with Crippen molar-refractivity contribution in [1.29, 1.82) is 0 Å². The second-order valence-corrected chi connectivity index (χ2v) is 5.48. The van der Waals surface area contributed by atoms with Crippen molar-refractivity contribution in [1.82, 2.24) is 0 Å². The minimum Gasteiger partial charge on any atom is -0.481 e. The van der Waals surface area contributed by atoms with E-state index < -0.39 is 17.3 Å². The molecule has 0 amide bonds. The monoisotopic (exact) mass is 265 g/mol. The number of aliphatic imine (C=N–C) groups is 1. The Morgan fingerprint density at radius 3 is 2.32 bits per heavy atom. The summed E-state index contributed by atoms with van der Waals surface area (Å²) in [5, 5.41) is 8.94. The lowest BCUT2D eigenvalue weighted by atomic mass is 9.69. The predicted octanol–water partition coefficient (Wildman–Crippen LogP) is 1.66. The molecule has 0 spiro atoms. The second kappa shape index (κ2) is 5.07. The number of hydrogen-bond donors (Lipinski definition) is 1. The van der Waals surface area contributed by atoms with Crippen LogP contribution in [-0.2, 0) is 14.4 Å². The van der Waals surface area contributed by atoms with Crippen LogP contribution in [0.5, 0.6) is 0 Å². The van der Waals surface area contributed by atoms with E-state index in [9.17, 15) is 14.4 Å². The molecule has 1 N–H and O–H groups in total. The van der Waals surface area contributed by atoms with Gasteiger partial charge in [0.25, 0.3) is 0 Å². The summed E-state index contributed by atoms with van der Waals surface area (Å²) in [4.78, 5) is 39.4. The standard InChI is InChI=1S/C14H19NO4/c1-7-10(14(3,4)6-9(16)17)13(19)11(15-5)8(2)12(7)18/h8H,6H2,1-5H3,(H,16,17). The lowest BCUT2D eigenvalue weighted by Gasteiger charge is -2.32. The molecule has 1 rings (SSSR count). The van der Waals surface area contributed by atoms with E-state index >= 15 is 0 Å². The molecule has 0 radical (unpaired) electrons. The van der Waals surface area contributed by atoms with Gasteiger partial charge in [-0.1, -0.05) is 13.8 Å². The molecule has 0 heterocycles. The van der Waals surface area contributed by atoms with Crippen molar-refractivity contribution in [3.8, 4) is 0 Å². The highest BCUT2D eigenvalue weighted by Crippen LogP contribution is 2.37. The highest BCUT2D eigenvalue weighted by atomic mass is 16.4. The molecule has 1 atom stereocenters. The van der Waals surface area contributed by atoms with Crippen LogP contribution >= 0.6 is 0 Å². The number of nitrogens with zero attached hydrogens (tertiary/aromatic N) is 1. The largest absolute Gasteiger partial charge is 0.481 e. The highest BCUT2D eigenvalue weighted by Gasteiger charge is 2.42. The normalized spacial score (nSPS) is 23.2. The van der Waals surface area contributed by atoms with E-state index in [0.717, 1.165) is 0 Å². The molecule has 1 unspecified atom stereocenters. The predicted molar refractivity (Wildman–Crippen MR) is 71.3 cm³/mol. The molecule has 0 aromatic rings. The molecule has 0 aromatic heterocycles. The Labute approximate surface area is 112 Å². The zero-order chi connectivity index (χ0) is 15.0. The van der Waals surface area contributed by atoms with Crippen LogP contribution in [0.25, 0.3) is 0 Å². The number of carboxylic acid groups (broad SMARTS) is 1. The summed E-state index contributed by atoms with van der Waals surface area (Å²) >= 11 is 0. The molecule has 5 heteroatoms. The van der Waals surface area contributed by atoms with E-state index in [-0.39, 0.29) is 29.3 Å². The van der Waals surface area contributed by atoms with Crippen molar-refractivity contribution < 1.29 is 19.5 Å². The summed E-state index contributed by atoms with van der Waals surface area (Å²) in [7, 11) is 1.47. The molecule has 5 nitrogen and oxygen atoms in total. The quantitative estimate of drug-likeness (QED) is 0.841. The first-order chi connectivity index (χ1) is 8.63. The summed E-state index contributed by atoms with van der Waals surface area (Å²) in [5.74, 6) is -2.02. The van der Waals surface area contributed by atoms with Gasteiger partial charge in [-0.3, -0.25) is 19.4 Å². The fraction of sp³-hybridized carbons (Fsp3) is 0.571. The third kappa shape index (κ3) is 2.64. The van der Waals surface area contributed by atoms with Crippen molar-refractivity contribution in [2.75, 3.05) is 7.05 Å². The molecule has 0 fully saturated rings. The van der Waals surface area contributed by atoms with Gasteiger partial charge in [0.15, 0.2) is 5.78 Å². The zero-order valence-corrected chi connectivity index (χ0v) is 11.9. The van der Waals surface area contributed by atoms with Gasteiger partial charge in [0.05, 0.1) is 18.1 Å². The lowest BCUT2D eigenvalue weighted by Crippen LogP contribution is -2.41. The van der Waals surface area contributed by atoms with Crippen molar-refractivity contribution in [2.45, 2.75) is 34.1 Å². The number of hydrogen-bond acceptors (Lipinski definition) is 4. The minimum atomic E-state index is -1.00. The van der Waals surface area contributed by atoms with Crippen LogP contribution in [0.4, 0.5) is 0 Å². The van der Waals surface area contributed by atoms with Crippen molar-refractivity contribution in [2.24, 2.45) is 16.3 Å². The van der Waals surface area contributed by atoms with E-state index in [0.29, 0.717) is 5.57 Å². The maximum atomic E-state index is 12.4. The van der Waals surface area contributed by atoms with Crippen LogP contribution in [0, 0.1) is 11.3 Å². The van der Waals surface area contributed by atoms with Gasteiger partial charge in [0.2, 0.25) is 5.78 Å². The molecular formula is C14H19NO4. The van der Waals surface area contributed by atoms with E-state index in [4.69, 9.17) is 5.11 Å². The lowest BCUT2D eigenvalue weighted by molar-refractivity contribution is -0.139. The third-order valence-corrected chi connectivity index (χ3v) is 3.52. The van der Waals surface area contributed by atoms with Crippen LogP contribution in [0.15, 0.2) is 16.1 Å². The van der Waals surface area contributed by atoms with Crippen LogP contribution < -0.4 is 0 Å². The van der Waals surface area contributed by atoms with Crippen LogP contribution in [0.2, 0.25) is 0 Å². The van der Waals surface area contributed by atoms with Crippen LogP contribution in [0.3, 0.4) is 0 Å². The fourth-order valence-electron chi connectivity index (χ4n) is 2.64. The Morgan fingerprint density at radius 1 is 1.37 bits per heavy atom. The van der Waals surface area contributed by atoms with E-state index in [2.05, 4.69) is 4.99 Å². The van der Waals surface area contributed by atoms with Gasteiger partial charge in [-0.05, 0) is 13.8 Å². The second-order valence-electron chi connectivity index (χ2n) is 5.48. The van der Waals surface area contributed by atoms with E-state index in [1.165, 1.54) is 7.05 Å². The van der Waals surface area contributed by atoms with Gasteiger partial charge in [-0.25, -0.2) is 0 Å². The smallest absolute Gasteiger partial charge is 0.304 e.